The van der Waals surface area contributed by atoms with Crippen LogP contribution in [-0.4, -0.2) is 18.7 Å². The minimum atomic E-state index is -0.110. The van der Waals surface area contributed by atoms with Gasteiger partial charge in [-0.1, -0.05) is 115 Å². The third-order valence-electron chi connectivity index (χ3n) is 11.0. The van der Waals surface area contributed by atoms with E-state index in [-0.39, 0.29) is 5.41 Å². The van der Waals surface area contributed by atoms with Gasteiger partial charge in [-0.2, -0.15) is 9.13 Å². The zero-order valence-electron chi connectivity index (χ0n) is 33.2. The Morgan fingerprint density at radius 1 is 0.607 bits per heavy atom. The first kappa shape index (κ1) is 35.3. The van der Waals surface area contributed by atoms with Crippen LogP contribution < -0.4 is 9.30 Å². The maximum absolute atomic E-state index is 6.91. The van der Waals surface area contributed by atoms with Gasteiger partial charge in [-0.25, -0.2) is 4.98 Å². The molecule has 56 heavy (non-hydrogen) atoms. The molecule has 0 radical (unpaired) electrons. The summed E-state index contributed by atoms with van der Waals surface area (Å²) in [5, 5.41) is 2.32. The number of rotatable bonds is 8. The molecular weight excluding hydrogens is 687 g/mol. The van der Waals surface area contributed by atoms with Gasteiger partial charge in [0.2, 0.25) is 5.95 Å². The van der Waals surface area contributed by atoms with Crippen molar-refractivity contribution in [2.45, 2.75) is 65.7 Å². The Labute approximate surface area is 328 Å². The molecule has 0 aliphatic carbocycles. The van der Waals surface area contributed by atoms with E-state index in [0.717, 1.165) is 56.3 Å². The number of nitrogens with zero attached hydrogens (tertiary/aromatic N) is 5. The highest BCUT2D eigenvalue weighted by molar-refractivity contribution is 6.09. The predicted molar refractivity (Wildman–Crippen MR) is 230 cm³/mol. The Kier molecular flexibility index (Phi) is 8.65. The van der Waals surface area contributed by atoms with E-state index in [1.807, 2.05) is 6.20 Å². The van der Waals surface area contributed by atoms with Gasteiger partial charge in [0.05, 0.1) is 16.7 Å². The van der Waals surface area contributed by atoms with Crippen LogP contribution in [0.25, 0.3) is 55.8 Å². The van der Waals surface area contributed by atoms with Gasteiger partial charge < -0.3 is 4.74 Å². The molecule has 0 bridgehead atoms. The average molecular weight is 735 g/mol. The smallest absolute Gasteiger partial charge is 0.255 e. The second-order valence-corrected chi connectivity index (χ2v) is 16.5. The van der Waals surface area contributed by atoms with Crippen molar-refractivity contribution in [1.29, 1.82) is 0 Å². The van der Waals surface area contributed by atoms with Gasteiger partial charge in [-0.3, -0.25) is 9.13 Å². The van der Waals surface area contributed by atoms with E-state index in [9.17, 15) is 0 Å². The molecule has 0 saturated carbocycles. The predicted octanol–water partition coefficient (Wildman–Crippen LogP) is 12.5. The number of hydrogen-bond donors (Lipinski definition) is 0. The molecule has 9 rings (SSSR count). The monoisotopic (exact) mass is 734 g/mol. The highest BCUT2D eigenvalue weighted by Gasteiger charge is 2.25. The van der Waals surface area contributed by atoms with E-state index in [2.05, 4.69) is 213 Å². The van der Waals surface area contributed by atoms with Crippen LogP contribution in [-0.2, 0) is 5.41 Å². The molecule has 0 N–H and O–H groups in total. The number of ether oxygens (including phenoxy) is 1. The SMILES string of the molecule is CC(C)c1cccc(C(C)C)c1-n1ccnc1-n1c2ccccc2c2ccc(Oc3cc(-n4c[n+](-c5ccccc5)c5ccccc54)cc(C(C)(C)C)c3)cc21. The maximum Gasteiger partial charge on any atom is 0.255 e. The first-order valence-corrected chi connectivity index (χ1v) is 19.7. The van der Waals surface area contributed by atoms with Crippen molar-refractivity contribution in [2.24, 2.45) is 0 Å². The molecule has 0 unspecified atom stereocenters. The van der Waals surface area contributed by atoms with Crippen molar-refractivity contribution in [1.82, 2.24) is 18.7 Å². The molecular formula is C50H48N5O+. The Bertz CT molecular complexity index is 2860. The Hall–Kier alpha value is -6.40. The zero-order valence-corrected chi connectivity index (χ0v) is 33.2. The largest absolute Gasteiger partial charge is 0.457 e. The van der Waals surface area contributed by atoms with Gasteiger partial charge in [-0.05, 0) is 88.5 Å². The molecule has 0 spiro atoms. The van der Waals surface area contributed by atoms with Crippen molar-refractivity contribution in [3.63, 3.8) is 0 Å². The molecule has 0 atom stereocenters. The lowest BCUT2D eigenvalue weighted by Crippen LogP contribution is -2.28. The third kappa shape index (κ3) is 6.06. The zero-order chi connectivity index (χ0) is 38.7. The number of imidazole rings is 2. The second kappa shape index (κ2) is 13.7. The van der Waals surface area contributed by atoms with Crippen LogP contribution in [0.1, 0.15) is 77.0 Å². The Morgan fingerprint density at radius 3 is 2.02 bits per heavy atom. The van der Waals surface area contributed by atoms with Gasteiger partial charge in [0.25, 0.3) is 6.33 Å². The summed E-state index contributed by atoms with van der Waals surface area (Å²) in [5.74, 6) is 3.09. The van der Waals surface area contributed by atoms with Crippen LogP contribution in [0.5, 0.6) is 11.5 Å². The molecule has 0 aliphatic rings. The molecule has 0 fully saturated rings. The molecule has 278 valence electrons. The van der Waals surface area contributed by atoms with E-state index in [0.29, 0.717) is 11.8 Å². The number of fused-ring (bicyclic) bond motifs is 4. The Balaban J connectivity index is 1.20. The van der Waals surface area contributed by atoms with E-state index >= 15 is 0 Å². The molecule has 0 saturated heterocycles. The molecule has 6 heteroatoms. The topological polar surface area (TPSA) is 40.8 Å². The lowest BCUT2D eigenvalue weighted by atomic mass is 9.86. The van der Waals surface area contributed by atoms with Crippen molar-refractivity contribution in [3.05, 3.63) is 169 Å². The number of para-hydroxylation sites is 5. The average Bonchev–Trinajstić information content (AvgIpc) is 3.91. The van der Waals surface area contributed by atoms with Crippen LogP contribution >= 0.6 is 0 Å². The van der Waals surface area contributed by atoms with Crippen LogP contribution in [0.2, 0.25) is 0 Å². The van der Waals surface area contributed by atoms with E-state index in [1.54, 1.807) is 0 Å². The van der Waals surface area contributed by atoms with Gasteiger partial charge in [0.1, 0.15) is 22.9 Å². The van der Waals surface area contributed by atoms with Crippen molar-refractivity contribution >= 4 is 32.8 Å². The first-order valence-electron chi connectivity index (χ1n) is 19.7. The molecule has 0 aliphatic heterocycles. The fraction of sp³-hybridized carbons (Fsp3) is 0.200. The highest BCUT2D eigenvalue weighted by Crippen LogP contribution is 2.39. The fourth-order valence-electron chi connectivity index (χ4n) is 8.12. The summed E-state index contributed by atoms with van der Waals surface area (Å²) in [6.07, 6.45) is 6.21. The summed E-state index contributed by atoms with van der Waals surface area (Å²) in [7, 11) is 0. The van der Waals surface area contributed by atoms with Gasteiger partial charge in [0.15, 0.2) is 11.0 Å². The highest BCUT2D eigenvalue weighted by atomic mass is 16.5. The van der Waals surface area contributed by atoms with Gasteiger partial charge in [0, 0.05) is 35.3 Å². The van der Waals surface area contributed by atoms with Crippen molar-refractivity contribution in [3.8, 4) is 34.5 Å². The van der Waals surface area contributed by atoms with E-state index < -0.39 is 0 Å². The lowest BCUT2D eigenvalue weighted by molar-refractivity contribution is -0.567. The lowest BCUT2D eigenvalue weighted by Gasteiger charge is -2.22. The standard InChI is InChI=1S/C50H48N5O/c1-33(2)40-19-15-20-41(34(3)4)48(40)52-27-26-51-49(52)55-44-21-12-11-18-42(44)43-25-24-38(31-47(43)55)56-39-29-35(50(5,6)7)28-37(30-39)54-32-53(36-16-9-8-10-17-36)45-22-13-14-23-46(45)54/h8-34H,1-7H3/q+1. The van der Waals surface area contributed by atoms with Crippen LogP contribution in [0.4, 0.5) is 0 Å². The molecule has 0 amide bonds. The van der Waals surface area contributed by atoms with Crippen molar-refractivity contribution < 1.29 is 9.30 Å². The quantitative estimate of drug-likeness (QED) is 0.146. The van der Waals surface area contributed by atoms with E-state index in [4.69, 9.17) is 9.72 Å². The number of benzene rings is 6. The van der Waals surface area contributed by atoms with Crippen LogP contribution in [0.3, 0.4) is 0 Å². The minimum Gasteiger partial charge on any atom is -0.457 e. The van der Waals surface area contributed by atoms with Gasteiger partial charge >= 0.3 is 0 Å². The summed E-state index contributed by atoms with van der Waals surface area (Å²) in [6, 6.07) is 47.4. The van der Waals surface area contributed by atoms with Crippen LogP contribution in [0.15, 0.2) is 152 Å². The normalized spacial score (nSPS) is 12.2. The van der Waals surface area contributed by atoms with Crippen LogP contribution in [0, 0.1) is 0 Å². The van der Waals surface area contributed by atoms with E-state index in [1.165, 1.54) is 27.8 Å². The summed E-state index contributed by atoms with van der Waals surface area (Å²) < 4.78 is 16.0. The summed E-state index contributed by atoms with van der Waals surface area (Å²) in [5.41, 5.74) is 11.5. The minimum absolute atomic E-state index is 0.110. The summed E-state index contributed by atoms with van der Waals surface area (Å²) in [6.45, 7) is 15.8. The maximum atomic E-state index is 6.91. The number of aromatic nitrogens is 5. The molecule has 9 aromatic rings. The molecule has 3 heterocycles. The summed E-state index contributed by atoms with van der Waals surface area (Å²) in [4.78, 5) is 5.06. The molecule has 3 aromatic heterocycles. The second-order valence-electron chi connectivity index (χ2n) is 16.5. The molecule has 6 nitrogen and oxygen atoms in total. The first-order chi connectivity index (χ1) is 27.1. The van der Waals surface area contributed by atoms with Crippen molar-refractivity contribution in [2.75, 3.05) is 0 Å². The summed E-state index contributed by atoms with van der Waals surface area (Å²) >= 11 is 0. The van der Waals surface area contributed by atoms with Gasteiger partial charge in [-0.15, -0.1) is 0 Å². The third-order valence-corrected chi connectivity index (χ3v) is 11.0. The number of hydrogen-bond acceptors (Lipinski definition) is 2. The fourth-order valence-corrected chi connectivity index (χ4v) is 8.12. The Morgan fingerprint density at radius 2 is 1.29 bits per heavy atom. The molecule has 6 aromatic carbocycles.